The number of hydrogen-bond acceptors (Lipinski definition) is 4. The number of nitrogen functional groups attached to an aromatic ring is 1. The number of fused-ring (bicyclic) bond motifs is 1. The predicted molar refractivity (Wildman–Crippen MR) is 75.6 cm³/mol. The van der Waals surface area contributed by atoms with E-state index in [1.54, 1.807) is 20.0 Å². The first-order valence-corrected chi connectivity index (χ1v) is 6.22. The van der Waals surface area contributed by atoms with Crippen molar-refractivity contribution in [1.82, 2.24) is 14.9 Å². The van der Waals surface area contributed by atoms with Gasteiger partial charge in [0, 0.05) is 12.7 Å². The van der Waals surface area contributed by atoms with Crippen molar-refractivity contribution in [3.63, 3.8) is 0 Å². The lowest BCUT2D eigenvalue weighted by molar-refractivity contribution is 0.114. The van der Waals surface area contributed by atoms with Gasteiger partial charge < -0.3 is 20.4 Å². The molecule has 2 aromatic rings. The van der Waals surface area contributed by atoms with Crippen molar-refractivity contribution in [2.24, 2.45) is 5.73 Å². The van der Waals surface area contributed by atoms with E-state index in [9.17, 15) is 4.79 Å². The summed E-state index contributed by atoms with van der Waals surface area (Å²) in [5.41, 5.74) is 8.22. The number of amidine groups is 1. The van der Waals surface area contributed by atoms with Crippen molar-refractivity contribution < 1.29 is 9.53 Å². The van der Waals surface area contributed by atoms with Crippen molar-refractivity contribution in [2.75, 3.05) is 13.7 Å². The number of carbonyl (C=O) groups excluding carboxylic acids is 1. The second-order valence-corrected chi connectivity index (χ2v) is 4.39. The number of hydrogen-bond donors (Lipinski definition) is 3. The smallest absolute Gasteiger partial charge is 0.409 e. The molecule has 7 nitrogen and oxygen atoms in total. The van der Waals surface area contributed by atoms with Crippen molar-refractivity contribution in [3.05, 3.63) is 29.6 Å². The van der Waals surface area contributed by atoms with Crippen LogP contribution in [-0.2, 0) is 11.3 Å². The minimum absolute atomic E-state index is 0.0710. The molecular formula is C13H17N5O2. The van der Waals surface area contributed by atoms with E-state index in [4.69, 9.17) is 15.9 Å². The average molecular weight is 275 g/mol. The van der Waals surface area contributed by atoms with Crippen molar-refractivity contribution in [3.8, 4) is 0 Å². The van der Waals surface area contributed by atoms with Crippen LogP contribution < -0.4 is 5.73 Å². The number of aromatic amines is 1. The number of nitrogens with zero attached hydrogens (tertiary/aromatic N) is 2. The summed E-state index contributed by atoms with van der Waals surface area (Å²) in [7, 11) is 1.66. The quantitative estimate of drug-likeness (QED) is 0.579. The van der Waals surface area contributed by atoms with E-state index in [-0.39, 0.29) is 11.9 Å². The standard InChI is InChI=1S/C13H17N5O2/c1-3-20-13(19)18(2)7-8-6-11-9(16-8)4-5-10(17-11)12(14)15/h4-6,16H,3,7H2,1-2H3,(H3,14,15). The van der Waals surface area contributed by atoms with Gasteiger partial charge in [0.2, 0.25) is 0 Å². The summed E-state index contributed by atoms with van der Waals surface area (Å²) in [6, 6.07) is 5.32. The highest BCUT2D eigenvalue weighted by Crippen LogP contribution is 2.15. The fourth-order valence-corrected chi connectivity index (χ4v) is 1.85. The molecule has 0 fully saturated rings. The highest BCUT2D eigenvalue weighted by atomic mass is 16.5. The van der Waals surface area contributed by atoms with Gasteiger partial charge in [-0.25, -0.2) is 9.78 Å². The zero-order valence-corrected chi connectivity index (χ0v) is 11.4. The van der Waals surface area contributed by atoms with Crippen molar-refractivity contribution in [1.29, 1.82) is 5.41 Å². The second kappa shape index (κ2) is 5.60. The molecule has 0 bridgehead atoms. The Hall–Kier alpha value is -2.57. The summed E-state index contributed by atoms with van der Waals surface area (Å²) in [5, 5.41) is 7.37. The Balaban J connectivity index is 2.19. The van der Waals surface area contributed by atoms with Crippen LogP contribution in [-0.4, -0.2) is 40.5 Å². The number of H-pyrrole nitrogens is 1. The number of carbonyl (C=O) groups is 1. The Morgan fingerprint density at radius 2 is 2.30 bits per heavy atom. The van der Waals surface area contributed by atoms with E-state index in [0.29, 0.717) is 24.4 Å². The number of nitrogens with one attached hydrogen (secondary N) is 2. The maximum Gasteiger partial charge on any atom is 0.409 e. The highest BCUT2D eigenvalue weighted by molar-refractivity contribution is 5.95. The molecule has 0 unspecified atom stereocenters. The van der Waals surface area contributed by atoms with Crippen LogP contribution in [0.25, 0.3) is 11.0 Å². The van der Waals surface area contributed by atoms with Gasteiger partial charge in [-0.05, 0) is 25.1 Å². The molecule has 0 atom stereocenters. The molecular weight excluding hydrogens is 258 g/mol. The van der Waals surface area contributed by atoms with Gasteiger partial charge in [-0.3, -0.25) is 5.41 Å². The summed E-state index contributed by atoms with van der Waals surface area (Å²) in [4.78, 5) is 20.4. The Labute approximate surface area is 116 Å². The van der Waals surface area contributed by atoms with Gasteiger partial charge in [-0.2, -0.15) is 0 Å². The zero-order valence-electron chi connectivity index (χ0n) is 11.4. The highest BCUT2D eigenvalue weighted by Gasteiger charge is 2.12. The Morgan fingerprint density at radius 3 is 2.95 bits per heavy atom. The molecule has 2 rings (SSSR count). The van der Waals surface area contributed by atoms with Gasteiger partial charge in [0.1, 0.15) is 11.5 Å². The molecule has 0 aliphatic carbocycles. The van der Waals surface area contributed by atoms with Crippen LogP contribution in [0.1, 0.15) is 18.3 Å². The minimum atomic E-state index is -0.372. The van der Waals surface area contributed by atoms with Gasteiger partial charge in [-0.1, -0.05) is 0 Å². The van der Waals surface area contributed by atoms with Crippen molar-refractivity contribution >= 4 is 23.0 Å². The molecule has 0 aliphatic rings. The first-order chi connectivity index (χ1) is 9.51. The molecule has 0 saturated heterocycles. The monoisotopic (exact) mass is 275 g/mol. The first kappa shape index (κ1) is 13.9. The first-order valence-electron chi connectivity index (χ1n) is 6.22. The van der Waals surface area contributed by atoms with Gasteiger partial charge in [0.15, 0.2) is 0 Å². The van der Waals surface area contributed by atoms with Crippen LogP contribution in [0.4, 0.5) is 4.79 Å². The number of rotatable bonds is 4. The van der Waals surface area contributed by atoms with Gasteiger partial charge in [-0.15, -0.1) is 0 Å². The molecule has 0 radical (unpaired) electrons. The minimum Gasteiger partial charge on any atom is -0.450 e. The van der Waals surface area contributed by atoms with E-state index in [1.165, 1.54) is 4.90 Å². The van der Waals surface area contributed by atoms with Crippen LogP contribution in [0.2, 0.25) is 0 Å². The average Bonchev–Trinajstić information content (AvgIpc) is 2.79. The van der Waals surface area contributed by atoms with E-state index < -0.39 is 0 Å². The van der Waals surface area contributed by atoms with E-state index in [0.717, 1.165) is 11.2 Å². The topological polar surface area (TPSA) is 108 Å². The lowest BCUT2D eigenvalue weighted by Gasteiger charge is -2.15. The van der Waals surface area contributed by atoms with Crippen LogP contribution in [0, 0.1) is 5.41 Å². The largest absolute Gasteiger partial charge is 0.450 e. The Kier molecular flexibility index (Phi) is 3.88. The lowest BCUT2D eigenvalue weighted by atomic mass is 10.3. The third kappa shape index (κ3) is 2.87. The van der Waals surface area contributed by atoms with Crippen LogP contribution >= 0.6 is 0 Å². The molecule has 0 aliphatic heterocycles. The lowest BCUT2D eigenvalue weighted by Crippen LogP contribution is -2.27. The summed E-state index contributed by atoms with van der Waals surface area (Å²) < 4.78 is 4.91. The third-order valence-electron chi connectivity index (χ3n) is 2.79. The molecule has 106 valence electrons. The fourth-order valence-electron chi connectivity index (χ4n) is 1.85. The molecule has 2 heterocycles. The molecule has 2 aromatic heterocycles. The van der Waals surface area contributed by atoms with E-state index in [1.807, 2.05) is 12.1 Å². The predicted octanol–water partition coefficient (Wildman–Crippen LogP) is 1.44. The normalized spacial score (nSPS) is 10.5. The number of nitrogens with two attached hydrogens (primary N) is 1. The Bertz CT molecular complexity index is 649. The number of pyridine rings is 1. The number of aromatic nitrogens is 2. The van der Waals surface area contributed by atoms with E-state index in [2.05, 4.69) is 9.97 Å². The van der Waals surface area contributed by atoms with Crippen molar-refractivity contribution in [2.45, 2.75) is 13.5 Å². The maximum atomic E-state index is 11.5. The van der Waals surface area contributed by atoms with Gasteiger partial charge in [0.25, 0.3) is 0 Å². The van der Waals surface area contributed by atoms with Crippen LogP contribution in [0.5, 0.6) is 0 Å². The number of ether oxygens (including phenoxy) is 1. The fraction of sp³-hybridized carbons (Fsp3) is 0.308. The van der Waals surface area contributed by atoms with Crippen LogP contribution in [0.15, 0.2) is 18.2 Å². The SMILES string of the molecule is CCOC(=O)N(C)Cc1cc2nc(C(=N)N)ccc2[nH]1. The molecule has 0 aromatic carbocycles. The molecule has 1 amide bonds. The molecule has 7 heteroatoms. The summed E-state index contributed by atoms with van der Waals surface area (Å²) in [6.07, 6.45) is -0.372. The summed E-state index contributed by atoms with van der Waals surface area (Å²) in [5.74, 6) is -0.0710. The van der Waals surface area contributed by atoms with Gasteiger partial charge >= 0.3 is 6.09 Å². The second-order valence-electron chi connectivity index (χ2n) is 4.39. The molecule has 20 heavy (non-hydrogen) atoms. The van der Waals surface area contributed by atoms with E-state index >= 15 is 0 Å². The summed E-state index contributed by atoms with van der Waals surface area (Å²) in [6.45, 7) is 2.51. The molecule has 4 N–H and O–H groups in total. The van der Waals surface area contributed by atoms with Crippen LogP contribution in [0.3, 0.4) is 0 Å². The third-order valence-corrected chi connectivity index (χ3v) is 2.79. The zero-order chi connectivity index (χ0) is 14.7. The Morgan fingerprint density at radius 1 is 1.55 bits per heavy atom. The van der Waals surface area contributed by atoms with Gasteiger partial charge in [0.05, 0.1) is 24.2 Å². The summed E-state index contributed by atoms with van der Waals surface area (Å²) >= 11 is 0. The maximum absolute atomic E-state index is 11.5. The molecule has 0 saturated carbocycles. The molecule has 0 spiro atoms. The number of amides is 1.